The van der Waals surface area contributed by atoms with Gasteiger partial charge in [-0.1, -0.05) is 49.2 Å². The van der Waals surface area contributed by atoms with E-state index in [2.05, 4.69) is 10.6 Å². The van der Waals surface area contributed by atoms with Gasteiger partial charge < -0.3 is 15.4 Å². The molecule has 0 heterocycles. The average molecular weight is 310 g/mol. The number of carbonyl (C=O) groups excluding carboxylic acids is 1. The molecular formula is C19H22N2O2. The van der Waals surface area contributed by atoms with Crippen LogP contribution in [0.5, 0.6) is 5.75 Å². The topological polar surface area (TPSA) is 50.4 Å². The summed E-state index contributed by atoms with van der Waals surface area (Å²) in [5, 5.41) is 5.98. The molecule has 0 spiro atoms. The van der Waals surface area contributed by atoms with Gasteiger partial charge in [-0.2, -0.15) is 0 Å². The first-order valence-corrected chi connectivity index (χ1v) is 8.14. The van der Waals surface area contributed by atoms with Crippen LogP contribution >= 0.6 is 0 Å². The van der Waals surface area contributed by atoms with Crippen molar-refractivity contribution in [3.8, 4) is 5.75 Å². The van der Waals surface area contributed by atoms with Crippen molar-refractivity contribution < 1.29 is 9.53 Å². The standard InChI is InChI=1S/C19H22N2O2/c22-19(20-16-9-5-6-10-16)21-18-13-7-4-8-15(18)14-23-17-11-2-1-3-12-17/h1-4,7-8,11-13,16H,5-6,9-10,14H2,(H2,20,21,22). The van der Waals surface area contributed by atoms with Crippen LogP contribution in [0.1, 0.15) is 31.2 Å². The molecule has 23 heavy (non-hydrogen) atoms. The van der Waals surface area contributed by atoms with Crippen molar-refractivity contribution in [1.82, 2.24) is 5.32 Å². The molecule has 0 aromatic heterocycles. The number of amides is 2. The van der Waals surface area contributed by atoms with E-state index in [-0.39, 0.29) is 6.03 Å². The maximum absolute atomic E-state index is 12.1. The van der Waals surface area contributed by atoms with Gasteiger partial charge in [-0.25, -0.2) is 4.79 Å². The van der Waals surface area contributed by atoms with Gasteiger partial charge in [0.15, 0.2) is 0 Å². The van der Waals surface area contributed by atoms with E-state index in [4.69, 9.17) is 4.74 Å². The predicted octanol–water partition coefficient (Wildman–Crippen LogP) is 4.33. The van der Waals surface area contributed by atoms with Crippen molar-refractivity contribution in [2.45, 2.75) is 38.3 Å². The Hall–Kier alpha value is -2.49. The Labute approximate surface area is 136 Å². The van der Waals surface area contributed by atoms with E-state index >= 15 is 0 Å². The van der Waals surface area contributed by atoms with E-state index in [1.54, 1.807) is 0 Å². The zero-order valence-corrected chi connectivity index (χ0v) is 13.1. The van der Waals surface area contributed by atoms with Gasteiger partial charge in [-0.15, -0.1) is 0 Å². The Morgan fingerprint density at radius 3 is 2.48 bits per heavy atom. The quantitative estimate of drug-likeness (QED) is 0.863. The number of ether oxygens (including phenoxy) is 1. The third-order valence-corrected chi connectivity index (χ3v) is 4.09. The molecule has 2 aromatic rings. The van der Waals surface area contributed by atoms with E-state index in [9.17, 15) is 4.79 Å². The number of rotatable bonds is 5. The molecule has 0 saturated heterocycles. The number of hydrogen-bond donors (Lipinski definition) is 2. The van der Waals surface area contributed by atoms with Gasteiger partial charge in [0.1, 0.15) is 12.4 Å². The Morgan fingerprint density at radius 1 is 1.00 bits per heavy atom. The Morgan fingerprint density at radius 2 is 1.70 bits per heavy atom. The summed E-state index contributed by atoms with van der Waals surface area (Å²) in [6, 6.07) is 17.6. The minimum Gasteiger partial charge on any atom is -0.489 e. The first-order valence-electron chi connectivity index (χ1n) is 8.14. The van der Waals surface area contributed by atoms with Gasteiger partial charge >= 0.3 is 6.03 Å². The van der Waals surface area contributed by atoms with E-state index in [0.717, 1.165) is 29.8 Å². The summed E-state index contributed by atoms with van der Waals surface area (Å²) < 4.78 is 5.78. The number of carbonyl (C=O) groups is 1. The number of benzene rings is 2. The average Bonchev–Trinajstić information content (AvgIpc) is 3.08. The second kappa shape index (κ2) is 7.68. The van der Waals surface area contributed by atoms with E-state index in [1.807, 2.05) is 54.6 Å². The minimum atomic E-state index is -0.135. The third-order valence-electron chi connectivity index (χ3n) is 4.09. The summed E-state index contributed by atoms with van der Waals surface area (Å²) >= 11 is 0. The minimum absolute atomic E-state index is 0.135. The lowest BCUT2D eigenvalue weighted by atomic mass is 10.2. The molecule has 3 rings (SSSR count). The van der Waals surface area contributed by atoms with Crippen LogP contribution in [-0.4, -0.2) is 12.1 Å². The summed E-state index contributed by atoms with van der Waals surface area (Å²) in [6.45, 7) is 0.421. The summed E-state index contributed by atoms with van der Waals surface area (Å²) in [6.07, 6.45) is 4.55. The van der Waals surface area contributed by atoms with Crippen LogP contribution < -0.4 is 15.4 Å². The van der Waals surface area contributed by atoms with Crippen molar-refractivity contribution in [3.63, 3.8) is 0 Å². The smallest absolute Gasteiger partial charge is 0.319 e. The van der Waals surface area contributed by atoms with Gasteiger partial charge in [0.2, 0.25) is 0 Å². The zero-order chi connectivity index (χ0) is 15.9. The number of urea groups is 1. The van der Waals surface area contributed by atoms with Gasteiger partial charge in [0.25, 0.3) is 0 Å². The molecule has 4 nitrogen and oxygen atoms in total. The molecule has 1 aliphatic rings. The monoisotopic (exact) mass is 310 g/mol. The molecule has 1 saturated carbocycles. The molecular weight excluding hydrogens is 288 g/mol. The van der Waals surface area contributed by atoms with Crippen molar-refractivity contribution >= 4 is 11.7 Å². The molecule has 0 atom stereocenters. The fraction of sp³-hybridized carbons (Fsp3) is 0.316. The molecule has 0 unspecified atom stereocenters. The Balaban J connectivity index is 1.59. The molecule has 0 bridgehead atoms. The molecule has 0 radical (unpaired) electrons. The summed E-state index contributed by atoms with van der Waals surface area (Å²) in [7, 11) is 0. The van der Waals surface area contributed by atoms with Gasteiger partial charge in [-0.3, -0.25) is 0 Å². The normalized spacial score (nSPS) is 14.4. The van der Waals surface area contributed by atoms with E-state index in [0.29, 0.717) is 12.6 Å². The molecule has 2 N–H and O–H groups in total. The van der Waals surface area contributed by atoms with Gasteiger partial charge in [0.05, 0.1) is 0 Å². The first-order chi connectivity index (χ1) is 11.3. The van der Waals surface area contributed by atoms with E-state index in [1.165, 1.54) is 12.8 Å². The molecule has 2 aromatic carbocycles. The predicted molar refractivity (Wildman–Crippen MR) is 91.6 cm³/mol. The molecule has 120 valence electrons. The fourth-order valence-corrected chi connectivity index (χ4v) is 2.86. The number of nitrogens with one attached hydrogen (secondary N) is 2. The van der Waals surface area contributed by atoms with Gasteiger partial charge in [-0.05, 0) is 31.0 Å². The second-order valence-corrected chi connectivity index (χ2v) is 5.84. The van der Waals surface area contributed by atoms with E-state index < -0.39 is 0 Å². The van der Waals surface area contributed by atoms with Crippen LogP contribution in [0.4, 0.5) is 10.5 Å². The lowest BCUT2D eigenvalue weighted by Gasteiger charge is -2.15. The first kappa shape index (κ1) is 15.4. The molecule has 1 fully saturated rings. The van der Waals surface area contributed by atoms with Crippen LogP contribution in [-0.2, 0) is 6.61 Å². The van der Waals surface area contributed by atoms with Crippen molar-refractivity contribution in [1.29, 1.82) is 0 Å². The van der Waals surface area contributed by atoms with Crippen LogP contribution in [0.15, 0.2) is 54.6 Å². The largest absolute Gasteiger partial charge is 0.489 e. The second-order valence-electron chi connectivity index (χ2n) is 5.84. The Bertz CT molecular complexity index is 637. The molecule has 4 heteroatoms. The maximum atomic E-state index is 12.1. The van der Waals surface area contributed by atoms with Crippen molar-refractivity contribution in [2.24, 2.45) is 0 Å². The van der Waals surface area contributed by atoms with Crippen LogP contribution in [0.25, 0.3) is 0 Å². The summed E-state index contributed by atoms with van der Waals surface area (Å²) in [5.41, 5.74) is 1.75. The third kappa shape index (κ3) is 4.49. The summed E-state index contributed by atoms with van der Waals surface area (Å²) in [4.78, 5) is 12.1. The molecule has 1 aliphatic carbocycles. The van der Waals surface area contributed by atoms with Crippen molar-refractivity contribution in [3.05, 3.63) is 60.2 Å². The highest BCUT2D eigenvalue weighted by Crippen LogP contribution is 2.20. The molecule has 2 amide bonds. The van der Waals surface area contributed by atoms with Crippen LogP contribution in [0.2, 0.25) is 0 Å². The zero-order valence-electron chi connectivity index (χ0n) is 13.1. The number of hydrogen-bond acceptors (Lipinski definition) is 2. The molecule has 0 aliphatic heterocycles. The van der Waals surface area contributed by atoms with Crippen LogP contribution in [0, 0.1) is 0 Å². The fourth-order valence-electron chi connectivity index (χ4n) is 2.86. The number of para-hydroxylation sites is 2. The maximum Gasteiger partial charge on any atom is 0.319 e. The Kier molecular flexibility index (Phi) is 5.14. The highest BCUT2D eigenvalue weighted by molar-refractivity contribution is 5.90. The number of anilines is 1. The highest BCUT2D eigenvalue weighted by atomic mass is 16.5. The lowest BCUT2D eigenvalue weighted by Crippen LogP contribution is -2.36. The lowest BCUT2D eigenvalue weighted by molar-refractivity contribution is 0.248. The SMILES string of the molecule is O=C(Nc1ccccc1COc1ccccc1)NC1CCCC1. The summed E-state index contributed by atoms with van der Waals surface area (Å²) in [5.74, 6) is 0.817. The van der Waals surface area contributed by atoms with Gasteiger partial charge in [0, 0.05) is 17.3 Å². The highest BCUT2D eigenvalue weighted by Gasteiger charge is 2.17. The van der Waals surface area contributed by atoms with Crippen LogP contribution in [0.3, 0.4) is 0 Å². The van der Waals surface area contributed by atoms with Crippen molar-refractivity contribution in [2.75, 3.05) is 5.32 Å².